The Morgan fingerprint density at radius 1 is 1.17 bits per heavy atom. The van der Waals surface area contributed by atoms with Crippen molar-refractivity contribution in [2.45, 2.75) is 56.5 Å². The van der Waals surface area contributed by atoms with E-state index in [1.54, 1.807) is 0 Å². The summed E-state index contributed by atoms with van der Waals surface area (Å²) in [6, 6.07) is -0.0377. The number of carbonyl (C=O) groups is 2. The first-order valence-electron chi connectivity index (χ1n) is 6.91. The van der Waals surface area contributed by atoms with Crippen molar-refractivity contribution in [3.8, 4) is 0 Å². The zero-order valence-corrected chi connectivity index (χ0v) is 10.4. The van der Waals surface area contributed by atoms with E-state index < -0.39 is 11.5 Å². The van der Waals surface area contributed by atoms with Crippen LogP contribution < -0.4 is 10.6 Å². The number of carboxylic acids is 1. The second kappa shape index (κ2) is 4.14. The molecule has 3 aliphatic carbocycles. The molecule has 0 aromatic heterocycles. The number of urea groups is 1. The Bertz CT molecular complexity index is 378. The zero-order valence-electron chi connectivity index (χ0n) is 10.4. The Balaban J connectivity index is 1.54. The number of fused-ring (bicyclic) bond motifs is 2. The van der Waals surface area contributed by atoms with Crippen molar-refractivity contribution in [3.05, 3.63) is 0 Å². The van der Waals surface area contributed by atoms with Crippen LogP contribution in [0.4, 0.5) is 4.79 Å². The summed E-state index contributed by atoms with van der Waals surface area (Å²) >= 11 is 0. The molecule has 5 nitrogen and oxygen atoms in total. The van der Waals surface area contributed by atoms with Crippen molar-refractivity contribution in [1.29, 1.82) is 0 Å². The van der Waals surface area contributed by atoms with Crippen LogP contribution in [0.2, 0.25) is 0 Å². The lowest BCUT2D eigenvalue weighted by molar-refractivity contribution is -0.148. The van der Waals surface area contributed by atoms with Gasteiger partial charge in [0.2, 0.25) is 0 Å². The van der Waals surface area contributed by atoms with Crippen molar-refractivity contribution >= 4 is 12.0 Å². The minimum atomic E-state index is -0.998. The largest absolute Gasteiger partial charge is 0.480 e. The molecule has 0 heterocycles. The monoisotopic (exact) mass is 252 g/mol. The van der Waals surface area contributed by atoms with Crippen molar-refractivity contribution in [3.63, 3.8) is 0 Å². The lowest BCUT2D eigenvalue weighted by atomic mass is 9.77. The average Bonchev–Trinajstić information content (AvgIpc) is 2.84. The van der Waals surface area contributed by atoms with Gasteiger partial charge in [0.05, 0.1) is 0 Å². The molecule has 100 valence electrons. The lowest BCUT2D eigenvalue weighted by Crippen LogP contribution is -2.62. The van der Waals surface area contributed by atoms with Crippen LogP contribution in [-0.2, 0) is 4.79 Å². The number of nitrogens with one attached hydrogen (secondary N) is 2. The highest BCUT2D eigenvalue weighted by molar-refractivity contribution is 5.87. The maximum Gasteiger partial charge on any atom is 0.329 e. The van der Waals surface area contributed by atoms with E-state index in [0.29, 0.717) is 18.8 Å². The Hall–Kier alpha value is -1.26. The third-order valence-electron chi connectivity index (χ3n) is 5.02. The Labute approximate surface area is 106 Å². The maximum absolute atomic E-state index is 11.9. The first-order chi connectivity index (χ1) is 8.59. The van der Waals surface area contributed by atoms with Crippen LogP contribution in [0.3, 0.4) is 0 Å². The van der Waals surface area contributed by atoms with E-state index in [-0.39, 0.29) is 12.1 Å². The van der Waals surface area contributed by atoms with Crippen molar-refractivity contribution in [2.75, 3.05) is 0 Å². The van der Waals surface area contributed by atoms with Gasteiger partial charge in [0.15, 0.2) is 0 Å². The molecule has 0 radical (unpaired) electrons. The van der Waals surface area contributed by atoms with Gasteiger partial charge in [-0.25, -0.2) is 9.59 Å². The Morgan fingerprint density at radius 3 is 2.39 bits per heavy atom. The predicted octanol–water partition coefficient (Wildman–Crippen LogP) is 1.48. The number of carbonyl (C=O) groups excluding carboxylic acids is 1. The number of carboxylic acid groups (broad SMARTS) is 1. The molecule has 0 saturated heterocycles. The molecule has 3 unspecified atom stereocenters. The van der Waals surface area contributed by atoms with Crippen molar-refractivity contribution in [1.82, 2.24) is 10.6 Å². The fraction of sp³-hybridized carbons (Fsp3) is 0.846. The van der Waals surface area contributed by atoms with Crippen LogP contribution in [0, 0.1) is 11.8 Å². The summed E-state index contributed by atoms with van der Waals surface area (Å²) in [5.74, 6) is 0.484. The minimum Gasteiger partial charge on any atom is -0.480 e. The molecule has 18 heavy (non-hydrogen) atoms. The molecule has 2 amide bonds. The molecule has 5 heteroatoms. The summed E-state index contributed by atoms with van der Waals surface area (Å²) in [6.07, 6.45) is 6.77. The summed E-state index contributed by atoms with van der Waals surface area (Å²) in [5, 5.41) is 14.8. The highest BCUT2D eigenvalue weighted by Gasteiger charge is 2.47. The minimum absolute atomic E-state index is 0.259. The molecule has 0 spiro atoms. The van der Waals surface area contributed by atoms with E-state index in [9.17, 15) is 9.59 Å². The third kappa shape index (κ3) is 1.85. The standard InChI is InChI=1S/C13H20N2O3/c16-11(17)13(4-1-5-13)15-12(18)14-10-7-8-2-3-9(10)6-8/h8-10H,1-7H2,(H,16,17)(H2,14,15,18). The van der Waals surface area contributed by atoms with Gasteiger partial charge >= 0.3 is 12.0 Å². The topological polar surface area (TPSA) is 78.4 Å². The quantitative estimate of drug-likeness (QED) is 0.712. The molecule has 3 saturated carbocycles. The maximum atomic E-state index is 11.9. The molecule has 0 aromatic carbocycles. The third-order valence-corrected chi connectivity index (χ3v) is 5.02. The van der Waals surface area contributed by atoms with Crippen LogP contribution in [0.5, 0.6) is 0 Å². The number of hydrogen-bond donors (Lipinski definition) is 3. The van der Waals surface area contributed by atoms with Crippen LogP contribution in [0.15, 0.2) is 0 Å². The Morgan fingerprint density at radius 2 is 1.94 bits per heavy atom. The van der Waals surface area contributed by atoms with Crippen molar-refractivity contribution in [2.24, 2.45) is 11.8 Å². The fourth-order valence-corrected chi connectivity index (χ4v) is 3.77. The average molecular weight is 252 g/mol. The van der Waals surface area contributed by atoms with Gasteiger partial charge in [-0.2, -0.15) is 0 Å². The highest BCUT2D eigenvalue weighted by atomic mass is 16.4. The summed E-state index contributed by atoms with van der Waals surface area (Å²) in [5.41, 5.74) is -0.998. The van der Waals surface area contributed by atoms with E-state index in [1.165, 1.54) is 19.3 Å². The molecular weight excluding hydrogens is 232 g/mol. The van der Waals surface area contributed by atoms with E-state index >= 15 is 0 Å². The van der Waals surface area contributed by atoms with Gasteiger partial charge in [0, 0.05) is 6.04 Å². The second-order valence-corrected chi connectivity index (χ2v) is 6.12. The number of aliphatic carboxylic acids is 1. The predicted molar refractivity (Wildman–Crippen MR) is 65.1 cm³/mol. The summed E-state index contributed by atoms with van der Waals surface area (Å²) in [7, 11) is 0. The van der Waals surface area contributed by atoms with E-state index in [4.69, 9.17) is 5.11 Å². The first kappa shape index (κ1) is 11.8. The highest BCUT2D eigenvalue weighted by Crippen LogP contribution is 2.44. The molecule has 3 N–H and O–H groups in total. The first-order valence-corrected chi connectivity index (χ1v) is 6.91. The van der Waals surface area contributed by atoms with E-state index in [0.717, 1.165) is 18.8 Å². The summed E-state index contributed by atoms with van der Waals surface area (Å²) < 4.78 is 0. The molecule has 3 rings (SSSR count). The van der Waals surface area contributed by atoms with Gasteiger partial charge in [-0.1, -0.05) is 6.42 Å². The smallest absolute Gasteiger partial charge is 0.329 e. The second-order valence-electron chi connectivity index (χ2n) is 6.12. The molecular formula is C13H20N2O3. The number of amides is 2. The fourth-order valence-electron chi connectivity index (χ4n) is 3.77. The lowest BCUT2D eigenvalue weighted by Gasteiger charge is -2.38. The SMILES string of the molecule is O=C(NC1CC2CCC1C2)NC1(C(=O)O)CCC1. The molecule has 3 fully saturated rings. The van der Waals surface area contributed by atoms with Crippen LogP contribution in [0.25, 0.3) is 0 Å². The molecule has 3 atom stereocenters. The number of rotatable bonds is 3. The molecule has 2 bridgehead atoms. The zero-order chi connectivity index (χ0) is 12.8. The van der Waals surface area contributed by atoms with Crippen molar-refractivity contribution < 1.29 is 14.7 Å². The van der Waals surface area contributed by atoms with E-state index in [1.807, 2.05) is 0 Å². The van der Waals surface area contributed by atoms with Gasteiger partial charge in [0.1, 0.15) is 5.54 Å². The van der Waals surface area contributed by atoms with Gasteiger partial charge in [-0.05, 0) is 50.4 Å². The van der Waals surface area contributed by atoms with Gasteiger partial charge in [-0.3, -0.25) is 0 Å². The molecule has 3 aliphatic rings. The van der Waals surface area contributed by atoms with Gasteiger partial charge < -0.3 is 15.7 Å². The summed E-state index contributed by atoms with van der Waals surface area (Å²) in [6.45, 7) is 0. The van der Waals surface area contributed by atoms with Crippen LogP contribution >= 0.6 is 0 Å². The van der Waals surface area contributed by atoms with Crippen LogP contribution in [-0.4, -0.2) is 28.7 Å². The number of hydrogen-bond acceptors (Lipinski definition) is 2. The van der Waals surface area contributed by atoms with Gasteiger partial charge in [0.25, 0.3) is 0 Å². The Kier molecular flexibility index (Phi) is 2.72. The normalized spacial score (nSPS) is 35.9. The van der Waals surface area contributed by atoms with Crippen LogP contribution in [0.1, 0.15) is 44.9 Å². The van der Waals surface area contributed by atoms with Gasteiger partial charge in [-0.15, -0.1) is 0 Å². The molecule has 0 aromatic rings. The van der Waals surface area contributed by atoms with E-state index in [2.05, 4.69) is 10.6 Å². The molecule has 0 aliphatic heterocycles. The summed E-state index contributed by atoms with van der Waals surface area (Å²) in [4.78, 5) is 23.1.